The Morgan fingerprint density at radius 3 is 2.36 bits per heavy atom. The highest BCUT2D eigenvalue weighted by Gasteiger charge is 2.10. The minimum Gasteiger partial charge on any atom is -0.421 e. The van der Waals surface area contributed by atoms with Gasteiger partial charge in [0.05, 0.1) is 0 Å². The first-order valence-electron chi connectivity index (χ1n) is 7.61. The molecular formula is C18H16N4O3. The Labute approximate surface area is 144 Å². The molecule has 2 amide bonds. The SMILES string of the molecule is CC(=O)Nc1cccc(C(=O)Nc2cccc(-c3nnc(C)o3)c2)c1. The number of carbonyl (C=O) groups is 2. The number of carbonyl (C=O) groups excluding carboxylic acids is 2. The zero-order valence-electron chi connectivity index (χ0n) is 13.7. The molecule has 7 heteroatoms. The lowest BCUT2D eigenvalue weighted by atomic mass is 10.1. The molecule has 2 aromatic carbocycles. The van der Waals surface area contributed by atoms with Crippen molar-refractivity contribution in [2.45, 2.75) is 13.8 Å². The Morgan fingerprint density at radius 1 is 0.960 bits per heavy atom. The topological polar surface area (TPSA) is 97.1 Å². The number of nitrogens with one attached hydrogen (secondary N) is 2. The van der Waals surface area contributed by atoms with E-state index in [2.05, 4.69) is 20.8 Å². The van der Waals surface area contributed by atoms with Gasteiger partial charge in [-0.25, -0.2) is 0 Å². The average Bonchev–Trinajstić information content (AvgIpc) is 3.01. The van der Waals surface area contributed by atoms with Crippen molar-refractivity contribution in [3.05, 3.63) is 60.0 Å². The van der Waals surface area contributed by atoms with Gasteiger partial charge in [0.1, 0.15) is 0 Å². The summed E-state index contributed by atoms with van der Waals surface area (Å²) in [6.07, 6.45) is 0. The molecule has 25 heavy (non-hydrogen) atoms. The van der Waals surface area contributed by atoms with E-state index in [1.807, 2.05) is 6.07 Å². The molecule has 0 spiro atoms. The van der Waals surface area contributed by atoms with Crippen molar-refractivity contribution < 1.29 is 14.0 Å². The first-order chi connectivity index (χ1) is 12.0. The number of anilines is 2. The third kappa shape index (κ3) is 4.08. The molecule has 0 radical (unpaired) electrons. The van der Waals surface area contributed by atoms with Crippen LogP contribution in [0.3, 0.4) is 0 Å². The summed E-state index contributed by atoms with van der Waals surface area (Å²) in [5.41, 5.74) is 2.31. The van der Waals surface area contributed by atoms with E-state index in [0.717, 1.165) is 0 Å². The Balaban J connectivity index is 1.78. The fraction of sp³-hybridized carbons (Fsp3) is 0.111. The maximum absolute atomic E-state index is 12.4. The summed E-state index contributed by atoms with van der Waals surface area (Å²) >= 11 is 0. The van der Waals surface area contributed by atoms with E-state index in [1.54, 1.807) is 49.4 Å². The van der Waals surface area contributed by atoms with E-state index in [-0.39, 0.29) is 11.8 Å². The van der Waals surface area contributed by atoms with Gasteiger partial charge in [0, 0.05) is 36.3 Å². The van der Waals surface area contributed by atoms with Crippen molar-refractivity contribution in [2.24, 2.45) is 0 Å². The molecule has 2 N–H and O–H groups in total. The Morgan fingerprint density at radius 2 is 1.68 bits per heavy atom. The summed E-state index contributed by atoms with van der Waals surface area (Å²) < 4.78 is 5.39. The van der Waals surface area contributed by atoms with Crippen LogP contribution in [0.2, 0.25) is 0 Å². The smallest absolute Gasteiger partial charge is 0.255 e. The largest absolute Gasteiger partial charge is 0.421 e. The third-order valence-electron chi connectivity index (χ3n) is 3.34. The van der Waals surface area contributed by atoms with Crippen molar-refractivity contribution in [3.63, 3.8) is 0 Å². The van der Waals surface area contributed by atoms with E-state index >= 15 is 0 Å². The van der Waals surface area contributed by atoms with E-state index in [0.29, 0.717) is 34.3 Å². The second kappa shape index (κ2) is 6.96. The average molecular weight is 336 g/mol. The highest BCUT2D eigenvalue weighted by Crippen LogP contribution is 2.22. The molecule has 0 fully saturated rings. The lowest BCUT2D eigenvalue weighted by Crippen LogP contribution is -2.13. The van der Waals surface area contributed by atoms with Crippen molar-refractivity contribution in [1.82, 2.24) is 10.2 Å². The van der Waals surface area contributed by atoms with Gasteiger partial charge in [0.15, 0.2) is 0 Å². The van der Waals surface area contributed by atoms with Crippen LogP contribution in [0.1, 0.15) is 23.2 Å². The Bertz CT molecular complexity index is 933. The maximum Gasteiger partial charge on any atom is 0.255 e. The summed E-state index contributed by atoms with van der Waals surface area (Å²) in [5.74, 6) is 0.381. The van der Waals surface area contributed by atoms with Gasteiger partial charge in [0.2, 0.25) is 17.7 Å². The van der Waals surface area contributed by atoms with Crippen LogP contribution >= 0.6 is 0 Å². The number of rotatable bonds is 4. The van der Waals surface area contributed by atoms with Crippen molar-refractivity contribution >= 4 is 23.2 Å². The van der Waals surface area contributed by atoms with Gasteiger partial charge >= 0.3 is 0 Å². The van der Waals surface area contributed by atoms with E-state index in [4.69, 9.17) is 4.42 Å². The van der Waals surface area contributed by atoms with Crippen LogP contribution in [0.25, 0.3) is 11.5 Å². The predicted octanol–water partition coefficient (Wildman–Crippen LogP) is 3.26. The van der Waals surface area contributed by atoms with Gasteiger partial charge in [0.25, 0.3) is 5.91 Å². The number of aryl methyl sites for hydroxylation is 1. The highest BCUT2D eigenvalue weighted by atomic mass is 16.4. The fourth-order valence-electron chi connectivity index (χ4n) is 2.29. The van der Waals surface area contributed by atoms with Crippen LogP contribution in [-0.4, -0.2) is 22.0 Å². The van der Waals surface area contributed by atoms with Crippen LogP contribution in [-0.2, 0) is 4.79 Å². The van der Waals surface area contributed by atoms with Gasteiger partial charge in [-0.1, -0.05) is 12.1 Å². The highest BCUT2D eigenvalue weighted by molar-refractivity contribution is 6.05. The monoisotopic (exact) mass is 336 g/mol. The summed E-state index contributed by atoms with van der Waals surface area (Å²) in [7, 11) is 0. The van der Waals surface area contributed by atoms with Gasteiger partial charge in [-0.2, -0.15) is 0 Å². The lowest BCUT2D eigenvalue weighted by molar-refractivity contribution is -0.114. The second-order valence-corrected chi connectivity index (χ2v) is 5.42. The van der Waals surface area contributed by atoms with Crippen LogP contribution in [0, 0.1) is 6.92 Å². The number of hydrogen-bond acceptors (Lipinski definition) is 5. The molecule has 0 saturated carbocycles. The summed E-state index contributed by atoms with van der Waals surface area (Å²) in [6.45, 7) is 3.13. The van der Waals surface area contributed by atoms with Crippen molar-refractivity contribution in [1.29, 1.82) is 0 Å². The van der Waals surface area contributed by atoms with Gasteiger partial charge < -0.3 is 15.1 Å². The Kier molecular flexibility index (Phi) is 4.56. The van der Waals surface area contributed by atoms with Crippen LogP contribution in [0.15, 0.2) is 52.9 Å². The molecule has 0 aliphatic rings. The molecule has 1 aromatic heterocycles. The molecule has 126 valence electrons. The number of nitrogens with zero attached hydrogens (tertiary/aromatic N) is 2. The first-order valence-corrected chi connectivity index (χ1v) is 7.61. The van der Waals surface area contributed by atoms with Gasteiger partial charge in [-0.15, -0.1) is 10.2 Å². The van der Waals surface area contributed by atoms with Gasteiger partial charge in [-0.3, -0.25) is 9.59 Å². The van der Waals surface area contributed by atoms with Crippen molar-refractivity contribution in [2.75, 3.05) is 10.6 Å². The predicted molar refractivity (Wildman–Crippen MR) is 93.2 cm³/mol. The lowest BCUT2D eigenvalue weighted by Gasteiger charge is -2.08. The zero-order valence-corrected chi connectivity index (χ0v) is 13.7. The molecule has 0 atom stereocenters. The molecule has 0 unspecified atom stereocenters. The molecular weight excluding hydrogens is 320 g/mol. The number of aromatic nitrogens is 2. The molecule has 0 aliphatic carbocycles. The zero-order chi connectivity index (χ0) is 17.8. The Hall–Kier alpha value is -3.48. The third-order valence-corrected chi connectivity index (χ3v) is 3.34. The molecule has 3 aromatic rings. The minimum absolute atomic E-state index is 0.194. The van der Waals surface area contributed by atoms with E-state index < -0.39 is 0 Å². The molecule has 7 nitrogen and oxygen atoms in total. The van der Waals surface area contributed by atoms with Gasteiger partial charge in [-0.05, 0) is 36.4 Å². The molecule has 0 bridgehead atoms. The van der Waals surface area contributed by atoms with E-state index in [9.17, 15) is 9.59 Å². The first kappa shape index (κ1) is 16.4. The number of benzene rings is 2. The summed E-state index contributed by atoms with van der Waals surface area (Å²) in [5, 5.41) is 13.2. The molecule has 0 saturated heterocycles. The fourth-order valence-corrected chi connectivity index (χ4v) is 2.29. The molecule has 1 heterocycles. The second-order valence-electron chi connectivity index (χ2n) is 5.42. The quantitative estimate of drug-likeness (QED) is 0.762. The summed E-state index contributed by atoms with van der Waals surface area (Å²) in [4.78, 5) is 23.6. The van der Waals surface area contributed by atoms with Crippen LogP contribution < -0.4 is 10.6 Å². The number of amides is 2. The van der Waals surface area contributed by atoms with Crippen LogP contribution in [0.4, 0.5) is 11.4 Å². The molecule has 0 aliphatic heterocycles. The number of hydrogen-bond donors (Lipinski definition) is 2. The van der Waals surface area contributed by atoms with E-state index in [1.165, 1.54) is 6.92 Å². The normalized spacial score (nSPS) is 10.3. The van der Waals surface area contributed by atoms with Crippen molar-refractivity contribution in [3.8, 4) is 11.5 Å². The van der Waals surface area contributed by atoms with Crippen LogP contribution in [0.5, 0.6) is 0 Å². The maximum atomic E-state index is 12.4. The summed E-state index contributed by atoms with van der Waals surface area (Å²) in [6, 6.07) is 13.8. The standard InChI is InChI=1S/C18H16N4O3/c1-11(23)19-15-7-3-5-13(9-15)17(24)20-16-8-4-6-14(10-16)18-22-21-12(2)25-18/h3-10H,1-2H3,(H,19,23)(H,20,24). The molecule has 3 rings (SSSR count). The minimum atomic E-state index is -0.286.